The Balaban J connectivity index is 0.00000261. The van der Waals surface area contributed by atoms with Gasteiger partial charge in [0.1, 0.15) is 0 Å². The SMILES string of the molecule is CN=C(NCCc1cnn(C)c1)NCC1(N2CCCCC2)CCCCC1.I. The fourth-order valence-electron chi connectivity index (χ4n) is 4.58. The maximum absolute atomic E-state index is 4.44. The molecule has 0 spiro atoms. The molecule has 2 fully saturated rings. The number of aliphatic imine (C=N–C) groups is 1. The van der Waals surface area contributed by atoms with Gasteiger partial charge in [-0.2, -0.15) is 5.10 Å². The number of aryl methyl sites for hydroxylation is 1. The van der Waals surface area contributed by atoms with Gasteiger partial charge in [0, 0.05) is 38.9 Å². The second-order valence-corrected chi connectivity index (χ2v) is 7.96. The van der Waals surface area contributed by atoms with E-state index in [1.165, 1.54) is 70.0 Å². The van der Waals surface area contributed by atoms with Gasteiger partial charge in [-0.05, 0) is 50.8 Å². The molecule has 154 valence electrons. The molecule has 7 heteroatoms. The molecular weight excluding hydrogens is 451 g/mol. The predicted molar refractivity (Wildman–Crippen MR) is 123 cm³/mol. The lowest BCUT2D eigenvalue weighted by molar-refractivity contribution is 0.0368. The highest BCUT2D eigenvalue weighted by Crippen LogP contribution is 2.35. The number of nitrogens with zero attached hydrogens (tertiary/aromatic N) is 4. The van der Waals surface area contributed by atoms with Crippen LogP contribution in [0.3, 0.4) is 0 Å². The summed E-state index contributed by atoms with van der Waals surface area (Å²) in [6, 6.07) is 0. The van der Waals surface area contributed by atoms with Crippen LogP contribution < -0.4 is 10.6 Å². The molecular formula is C20H37IN6. The van der Waals surface area contributed by atoms with Crippen LogP contribution in [0.4, 0.5) is 0 Å². The number of likely N-dealkylation sites (tertiary alicyclic amines) is 1. The van der Waals surface area contributed by atoms with Gasteiger partial charge >= 0.3 is 0 Å². The molecule has 1 aliphatic heterocycles. The lowest BCUT2D eigenvalue weighted by Gasteiger charge is -2.48. The second-order valence-electron chi connectivity index (χ2n) is 7.96. The predicted octanol–water partition coefficient (Wildman–Crippen LogP) is 2.93. The van der Waals surface area contributed by atoms with E-state index in [-0.39, 0.29) is 24.0 Å². The average molecular weight is 488 g/mol. The van der Waals surface area contributed by atoms with Crippen LogP contribution >= 0.6 is 24.0 Å². The zero-order chi connectivity index (χ0) is 18.2. The minimum absolute atomic E-state index is 0. The van der Waals surface area contributed by atoms with Crippen LogP contribution in [0, 0.1) is 0 Å². The number of guanidine groups is 1. The van der Waals surface area contributed by atoms with Gasteiger partial charge in [0.15, 0.2) is 5.96 Å². The summed E-state index contributed by atoms with van der Waals surface area (Å²) in [7, 11) is 3.83. The minimum Gasteiger partial charge on any atom is -0.356 e. The molecule has 3 rings (SSSR count). The lowest BCUT2D eigenvalue weighted by atomic mass is 9.79. The normalized spacial score (nSPS) is 20.7. The first-order chi connectivity index (χ1) is 12.7. The Morgan fingerprint density at radius 2 is 1.81 bits per heavy atom. The Morgan fingerprint density at radius 1 is 1.11 bits per heavy atom. The second kappa shape index (κ2) is 11.2. The molecule has 2 heterocycles. The monoisotopic (exact) mass is 488 g/mol. The van der Waals surface area contributed by atoms with Gasteiger partial charge in [-0.3, -0.25) is 14.6 Å². The summed E-state index contributed by atoms with van der Waals surface area (Å²) < 4.78 is 1.86. The largest absolute Gasteiger partial charge is 0.356 e. The first-order valence-electron chi connectivity index (χ1n) is 10.4. The quantitative estimate of drug-likeness (QED) is 0.368. The molecule has 0 bridgehead atoms. The van der Waals surface area contributed by atoms with Gasteiger partial charge in [0.05, 0.1) is 6.20 Å². The molecule has 2 aliphatic rings. The highest BCUT2D eigenvalue weighted by molar-refractivity contribution is 14.0. The Kier molecular flexibility index (Phi) is 9.35. The van der Waals surface area contributed by atoms with Crippen molar-refractivity contribution >= 4 is 29.9 Å². The van der Waals surface area contributed by atoms with Crippen LogP contribution in [0.1, 0.15) is 56.9 Å². The van der Waals surface area contributed by atoms with E-state index in [1.54, 1.807) is 0 Å². The number of aromatic nitrogens is 2. The highest BCUT2D eigenvalue weighted by atomic mass is 127. The molecule has 1 saturated carbocycles. The van der Waals surface area contributed by atoms with Crippen LogP contribution in [0.25, 0.3) is 0 Å². The number of hydrogen-bond donors (Lipinski definition) is 2. The smallest absolute Gasteiger partial charge is 0.191 e. The Bertz CT molecular complexity index is 573. The standard InChI is InChI=1S/C20H36N6.HI/c1-21-19(22-12-9-18-15-24-25(2)16-18)23-17-20(10-5-3-6-11-20)26-13-7-4-8-14-26;/h15-16H,3-14,17H2,1-2H3,(H2,21,22,23);1H. The van der Waals surface area contributed by atoms with Crippen molar-refractivity contribution in [2.75, 3.05) is 33.2 Å². The number of piperidine rings is 1. The van der Waals surface area contributed by atoms with Crippen LogP contribution in [0.5, 0.6) is 0 Å². The molecule has 2 N–H and O–H groups in total. The van der Waals surface area contributed by atoms with Crippen molar-refractivity contribution in [3.8, 4) is 0 Å². The highest BCUT2D eigenvalue weighted by Gasteiger charge is 2.38. The zero-order valence-corrected chi connectivity index (χ0v) is 19.4. The molecule has 6 nitrogen and oxygen atoms in total. The summed E-state index contributed by atoms with van der Waals surface area (Å²) in [6.45, 7) is 4.44. The van der Waals surface area contributed by atoms with Gasteiger partial charge < -0.3 is 10.6 Å². The van der Waals surface area contributed by atoms with Gasteiger partial charge in [0.25, 0.3) is 0 Å². The van der Waals surface area contributed by atoms with Crippen molar-refractivity contribution < 1.29 is 0 Å². The maximum Gasteiger partial charge on any atom is 0.191 e. The van der Waals surface area contributed by atoms with E-state index in [0.29, 0.717) is 5.54 Å². The molecule has 0 amide bonds. The molecule has 0 unspecified atom stereocenters. The molecule has 1 aromatic heterocycles. The fraction of sp³-hybridized carbons (Fsp3) is 0.800. The summed E-state index contributed by atoms with van der Waals surface area (Å²) in [5.41, 5.74) is 1.59. The number of halogens is 1. The third-order valence-corrected chi connectivity index (χ3v) is 6.08. The molecule has 0 aromatic carbocycles. The third-order valence-electron chi connectivity index (χ3n) is 6.08. The number of nitrogens with one attached hydrogen (secondary N) is 2. The van der Waals surface area contributed by atoms with Crippen LogP contribution in [-0.2, 0) is 13.5 Å². The van der Waals surface area contributed by atoms with Crippen molar-refractivity contribution in [2.45, 2.75) is 63.3 Å². The van der Waals surface area contributed by atoms with E-state index in [2.05, 4.69) is 31.8 Å². The molecule has 0 atom stereocenters. The minimum atomic E-state index is 0. The lowest BCUT2D eigenvalue weighted by Crippen LogP contribution is -2.59. The van der Waals surface area contributed by atoms with Crippen molar-refractivity contribution in [1.82, 2.24) is 25.3 Å². The van der Waals surface area contributed by atoms with Gasteiger partial charge in [-0.15, -0.1) is 24.0 Å². The summed E-state index contributed by atoms with van der Waals surface area (Å²) in [6.07, 6.45) is 15.9. The van der Waals surface area contributed by atoms with Crippen molar-refractivity contribution in [3.05, 3.63) is 18.0 Å². The van der Waals surface area contributed by atoms with E-state index in [1.807, 2.05) is 25.0 Å². The first kappa shape index (κ1) is 22.5. The Hall–Kier alpha value is -0.830. The molecule has 1 aliphatic carbocycles. The Morgan fingerprint density at radius 3 is 2.44 bits per heavy atom. The van der Waals surface area contributed by atoms with Gasteiger partial charge in [-0.25, -0.2) is 0 Å². The number of rotatable bonds is 6. The third kappa shape index (κ3) is 6.34. The van der Waals surface area contributed by atoms with Gasteiger partial charge in [-0.1, -0.05) is 25.7 Å². The summed E-state index contributed by atoms with van der Waals surface area (Å²) in [4.78, 5) is 7.22. The molecule has 27 heavy (non-hydrogen) atoms. The Labute approximate surface area is 181 Å². The van der Waals surface area contributed by atoms with Crippen LogP contribution in [0.2, 0.25) is 0 Å². The summed E-state index contributed by atoms with van der Waals surface area (Å²) in [5.74, 6) is 0.927. The van der Waals surface area contributed by atoms with Crippen LogP contribution in [-0.4, -0.2) is 59.4 Å². The summed E-state index contributed by atoms with van der Waals surface area (Å²) >= 11 is 0. The van der Waals surface area contributed by atoms with Crippen molar-refractivity contribution in [3.63, 3.8) is 0 Å². The van der Waals surface area contributed by atoms with E-state index >= 15 is 0 Å². The van der Waals surface area contributed by atoms with E-state index < -0.39 is 0 Å². The first-order valence-corrected chi connectivity index (χ1v) is 10.4. The maximum atomic E-state index is 4.44. The molecule has 1 aromatic rings. The van der Waals surface area contributed by atoms with Crippen LogP contribution in [0.15, 0.2) is 17.4 Å². The summed E-state index contributed by atoms with van der Waals surface area (Å²) in [5, 5.41) is 11.3. The zero-order valence-electron chi connectivity index (χ0n) is 17.0. The molecule has 0 radical (unpaired) electrons. The van der Waals surface area contributed by atoms with E-state index in [4.69, 9.17) is 0 Å². The van der Waals surface area contributed by atoms with E-state index in [0.717, 1.165) is 25.5 Å². The fourth-order valence-corrected chi connectivity index (χ4v) is 4.58. The topological polar surface area (TPSA) is 57.5 Å². The average Bonchev–Trinajstić information content (AvgIpc) is 3.11. The molecule has 1 saturated heterocycles. The van der Waals surface area contributed by atoms with Crippen molar-refractivity contribution in [1.29, 1.82) is 0 Å². The van der Waals surface area contributed by atoms with E-state index in [9.17, 15) is 0 Å². The number of hydrogen-bond acceptors (Lipinski definition) is 3. The van der Waals surface area contributed by atoms with Crippen molar-refractivity contribution in [2.24, 2.45) is 12.0 Å². The van der Waals surface area contributed by atoms with Gasteiger partial charge in [0.2, 0.25) is 0 Å².